The summed E-state index contributed by atoms with van der Waals surface area (Å²) in [5.74, 6) is -0.734. The lowest BCUT2D eigenvalue weighted by atomic mass is 9.87. The maximum Gasteiger partial charge on any atom is 0.344 e. The molecule has 1 unspecified atom stereocenters. The number of ether oxygens (including phenoxy) is 2. The van der Waals surface area contributed by atoms with Gasteiger partial charge in [0.25, 0.3) is 0 Å². The van der Waals surface area contributed by atoms with E-state index in [1.807, 2.05) is 44.2 Å². The van der Waals surface area contributed by atoms with E-state index in [1.54, 1.807) is 24.3 Å². The summed E-state index contributed by atoms with van der Waals surface area (Å²) in [5.41, 5.74) is 3.56. The van der Waals surface area contributed by atoms with Crippen molar-refractivity contribution in [3.8, 4) is 11.5 Å². The molecule has 0 bridgehead atoms. The third kappa shape index (κ3) is 7.41. The van der Waals surface area contributed by atoms with Gasteiger partial charge >= 0.3 is 5.97 Å². The number of carbonyl (C=O) groups is 2. The Morgan fingerprint density at radius 1 is 1.06 bits per heavy atom. The molecule has 2 aromatic carbocycles. The number of aliphatic carboxylic acids is 1. The van der Waals surface area contributed by atoms with Crippen molar-refractivity contribution in [3.05, 3.63) is 76.9 Å². The largest absolute Gasteiger partial charge is 0.489 e. The second-order valence-electron chi connectivity index (χ2n) is 8.92. The van der Waals surface area contributed by atoms with Crippen LogP contribution >= 0.6 is 0 Å². The van der Waals surface area contributed by atoms with Gasteiger partial charge in [-0.25, -0.2) is 4.79 Å². The molecule has 32 heavy (non-hydrogen) atoms. The molecular weight excluding hydrogens is 404 g/mol. The molecule has 0 fully saturated rings. The Morgan fingerprint density at radius 2 is 1.72 bits per heavy atom. The normalized spacial score (nSPS) is 12.3. The van der Waals surface area contributed by atoms with E-state index in [9.17, 15) is 14.7 Å². The summed E-state index contributed by atoms with van der Waals surface area (Å²) in [7, 11) is 0. The molecule has 2 aromatic rings. The number of carboxylic acids is 1. The van der Waals surface area contributed by atoms with E-state index in [0.717, 1.165) is 11.1 Å². The minimum absolute atomic E-state index is 0.0561. The van der Waals surface area contributed by atoms with E-state index in [2.05, 4.69) is 20.8 Å². The van der Waals surface area contributed by atoms with Crippen molar-refractivity contribution in [1.82, 2.24) is 0 Å². The monoisotopic (exact) mass is 436 g/mol. The summed E-state index contributed by atoms with van der Waals surface area (Å²) in [6, 6.07) is 12.9. The van der Waals surface area contributed by atoms with Gasteiger partial charge in [-0.05, 0) is 61.6 Å². The van der Waals surface area contributed by atoms with E-state index in [-0.39, 0.29) is 22.5 Å². The molecule has 0 saturated heterocycles. The Bertz CT molecular complexity index is 1000. The van der Waals surface area contributed by atoms with E-state index >= 15 is 0 Å². The van der Waals surface area contributed by atoms with Gasteiger partial charge in [0.05, 0.1) is 5.56 Å². The van der Waals surface area contributed by atoms with Crippen LogP contribution in [0.1, 0.15) is 63.0 Å². The second-order valence-corrected chi connectivity index (χ2v) is 8.92. The number of ketones is 1. The lowest BCUT2D eigenvalue weighted by molar-refractivity contribution is -0.144. The molecule has 0 saturated carbocycles. The average molecular weight is 437 g/mol. The van der Waals surface area contributed by atoms with Crippen LogP contribution in [0.5, 0.6) is 11.5 Å². The quantitative estimate of drug-likeness (QED) is 0.293. The van der Waals surface area contributed by atoms with Crippen molar-refractivity contribution in [2.45, 2.75) is 53.1 Å². The predicted molar refractivity (Wildman–Crippen MR) is 128 cm³/mol. The zero-order valence-electron chi connectivity index (χ0n) is 19.6. The Morgan fingerprint density at radius 3 is 2.28 bits per heavy atom. The van der Waals surface area contributed by atoms with E-state index in [1.165, 1.54) is 18.6 Å². The topological polar surface area (TPSA) is 72.8 Å². The van der Waals surface area contributed by atoms with Gasteiger partial charge in [0.15, 0.2) is 11.9 Å². The maximum atomic E-state index is 12.9. The first kappa shape index (κ1) is 24.9. The molecule has 0 radical (unpaired) electrons. The van der Waals surface area contributed by atoms with Crippen LogP contribution in [0.2, 0.25) is 0 Å². The average Bonchev–Trinajstić information content (AvgIpc) is 2.71. The Labute approximate surface area is 190 Å². The predicted octanol–water partition coefficient (Wildman–Crippen LogP) is 6.08. The van der Waals surface area contributed by atoms with Gasteiger partial charge in [-0.2, -0.15) is 0 Å². The molecule has 1 N–H and O–H groups in total. The van der Waals surface area contributed by atoms with Gasteiger partial charge in [0, 0.05) is 6.07 Å². The number of hydrogen-bond donors (Lipinski definition) is 1. The number of benzene rings is 2. The highest BCUT2D eigenvalue weighted by atomic mass is 16.5. The molecule has 0 heterocycles. The van der Waals surface area contributed by atoms with Gasteiger partial charge in [0.1, 0.15) is 18.1 Å². The number of hydrogen-bond acceptors (Lipinski definition) is 4. The first-order chi connectivity index (χ1) is 15.0. The van der Waals surface area contributed by atoms with Gasteiger partial charge in [-0.1, -0.05) is 56.7 Å². The SMILES string of the molecule is CC(C)=CCOc1ccc(C(=O)/C=C/c2ccc(C(C)(C)C)cc2)c(OC(C)C(=O)O)c1. The Hall–Kier alpha value is -3.34. The van der Waals surface area contributed by atoms with Crippen molar-refractivity contribution in [2.75, 3.05) is 6.61 Å². The van der Waals surface area contributed by atoms with E-state index in [0.29, 0.717) is 12.4 Å². The van der Waals surface area contributed by atoms with Crippen LogP contribution < -0.4 is 9.47 Å². The van der Waals surface area contributed by atoms with E-state index in [4.69, 9.17) is 9.47 Å². The molecule has 5 heteroatoms. The highest BCUT2D eigenvalue weighted by molar-refractivity contribution is 6.08. The van der Waals surface area contributed by atoms with Crippen LogP contribution in [0.4, 0.5) is 0 Å². The molecule has 0 aliphatic heterocycles. The molecule has 0 aromatic heterocycles. The molecule has 0 spiro atoms. The van der Waals surface area contributed by atoms with Gasteiger partial charge in [0.2, 0.25) is 0 Å². The lowest BCUT2D eigenvalue weighted by Crippen LogP contribution is -2.23. The molecule has 0 aliphatic rings. The van der Waals surface area contributed by atoms with Crippen LogP contribution in [0, 0.1) is 0 Å². The van der Waals surface area contributed by atoms with Crippen LogP contribution in [0.25, 0.3) is 6.08 Å². The minimum Gasteiger partial charge on any atom is -0.489 e. The summed E-state index contributed by atoms with van der Waals surface area (Å²) >= 11 is 0. The smallest absolute Gasteiger partial charge is 0.344 e. The minimum atomic E-state index is -1.12. The van der Waals surface area contributed by atoms with Crippen molar-refractivity contribution in [3.63, 3.8) is 0 Å². The number of rotatable bonds is 9. The van der Waals surface area contributed by atoms with E-state index < -0.39 is 12.1 Å². The standard InChI is InChI=1S/C27H32O5/c1-18(2)15-16-31-22-12-13-23(25(17-22)32-19(3)26(29)30)24(28)14-9-20-7-10-21(11-8-20)27(4,5)6/h7-15,17,19H,16H2,1-6H3,(H,29,30)/b14-9+. The molecule has 170 valence electrons. The highest BCUT2D eigenvalue weighted by Crippen LogP contribution is 2.28. The van der Waals surface area contributed by atoms with Crippen molar-refractivity contribution in [2.24, 2.45) is 0 Å². The van der Waals surface area contributed by atoms with Crippen molar-refractivity contribution >= 4 is 17.8 Å². The summed E-state index contributed by atoms with van der Waals surface area (Å²) in [6.45, 7) is 12.2. The van der Waals surface area contributed by atoms with Crippen LogP contribution in [0.15, 0.2) is 60.2 Å². The summed E-state index contributed by atoms with van der Waals surface area (Å²) in [4.78, 5) is 24.1. The number of carbonyl (C=O) groups excluding carboxylic acids is 1. The molecule has 0 amide bonds. The lowest BCUT2D eigenvalue weighted by Gasteiger charge is -2.18. The maximum absolute atomic E-state index is 12.9. The van der Waals surface area contributed by atoms with Gasteiger partial charge < -0.3 is 14.6 Å². The van der Waals surface area contributed by atoms with Crippen LogP contribution in [0.3, 0.4) is 0 Å². The summed E-state index contributed by atoms with van der Waals surface area (Å²) < 4.78 is 11.2. The highest BCUT2D eigenvalue weighted by Gasteiger charge is 2.18. The fourth-order valence-corrected chi connectivity index (χ4v) is 2.79. The number of carboxylic acid groups (broad SMARTS) is 1. The third-order valence-corrected chi connectivity index (χ3v) is 4.82. The third-order valence-electron chi connectivity index (χ3n) is 4.82. The second kappa shape index (κ2) is 10.8. The van der Waals surface area contributed by atoms with Crippen LogP contribution in [-0.4, -0.2) is 29.6 Å². The number of allylic oxidation sites excluding steroid dienone is 2. The van der Waals surface area contributed by atoms with Crippen molar-refractivity contribution in [1.29, 1.82) is 0 Å². The zero-order chi connectivity index (χ0) is 23.9. The molecule has 0 aliphatic carbocycles. The molecule has 1 atom stereocenters. The first-order valence-corrected chi connectivity index (χ1v) is 10.6. The Kier molecular flexibility index (Phi) is 8.41. The Balaban J connectivity index is 2.26. The van der Waals surface area contributed by atoms with Crippen LogP contribution in [-0.2, 0) is 10.2 Å². The summed E-state index contributed by atoms with van der Waals surface area (Å²) in [5, 5.41) is 9.21. The molecule has 5 nitrogen and oxygen atoms in total. The fraction of sp³-hybridized carbons (Fsp3) is 0.333. The molecular formula is C27H32O5. The zero-order valence-corrected chi connectivity index (χ0v) is 19.6. The summed E-state index contributed by atoms with van der Waals surface area (Å²) in [6.07, 6.45) is 4.01. The fourth-order valence-electron chi connectivity index (χ4n) is 2.79. The molecule has 2 rings (SSSR count). The van der Waals surface area contributed by atoms with Gasteiger partial charge in [-0.15, -0.1) is 0 Å². The van der Waals surface area contributed by atoms with Gasteiger partial charge in [-0.3, -0.25) is 4.79 Å². The van der Waals surface area contributed by atoms with Crippen molar-refractivity contribution < 1.29 is 24.2 Å². The first-order valence-electron chi connectivity index (χ1n) is 10.6.